The summed E-state index contributed by atoms with van der Waals surface area (Å²) >= 11 is 0. The summed E-state index contributed by atoms with van der Waals surface area (Å²) in [5, 5.41) is 0.854. The lowest BCUT2D eigenvalue weighted by Gasteiger charge is -2.35. The molecule has 1 aliphatic heterocycles. The fraction of sp³-hybridized carbons (Fsp3) is 0.250. The van der Waals surface area contributed by atoms with Gasteiger partial charge in [0, 0.05) is 41.2 Å². The second-order valence-corrected chi connectivity index (χ2v) is 8.62. The first-order valence-electron chi connectivity index (χ1n) is 11.6. The van der Waals surface area contributed by atoms with E-state index in [1.54, 1.807) is 31.4 Å². The number of nitrogens with two attached hydrogens (primary N) is 1. The number of nitrogens with zero attached hydrogens (tertiary/aromatic N) is 1. The van der Waals surface area contributed by atoms with Crippen molar-refractivity contribution in [3.63, 3.8) is 0 Å². The van der Waals surface area contributed by atoms with E-state index in [0.29, 0.717) is 41.2 Å². The first-order valence-corrected chi connectivity index (χ1v) is 11.6. The van der Waals surface area contributed by atoms with Crippen LogP contribution in [0.5, 0.6) is 5.75 Å². The van der Waals surface area contributed by atoms with E-state index < -0.39 is 0 Å². The molecule has 0 saturated carbocycles. The van der Waals surface area contributed by atoms with E-state index in [1.165, 1.54) is 0 Å². The number of ether oxygens (including phenoxy) is 2. The average molecular weight is 475 g/mol. The molecule has 0 spiro atoms. The minimum atomic E-state index is -0.353. The van der Waals surface area contributed by atoms with Gasteiger partial charge in [-0.2, -0.15) is 0 Å². The van der Waals surface area contributed by atoms with Gasteiger partial charge in [-0.25, -0.2) is 4.39 Å². The van der Waals surface area contributed by atoms with E-state index in [4.69, 9.17) is 19.6 Å². The number of fused-ring (bicyclic) bond motifs is 2. The Bertz CT molecular complexity index is 1400. The number of para-hydroxylation sites is 1. The molecule has 1 atom stereocenters. The summed E-state index contributed by atoms with van der Waals surface area (Å²) < 4.78 is 32.6. The molecule has 4 aromatic rings. The number of benzene rings is 3. The Morgan fingerprint density at radius 1 is 1.14 bits per heavy atom. The molecule has 180 valence electrons. The summed E-state index contributed by atoms with van der Waals surface area (Å²) in [6.07, 6.45) is 1.39. The number of hydrogen-bond acceptors (Lipinski definition) is 6. The molecule has 1 aliphatic rings. The maximum Gasteiger partial charge on any atom is 0.310 e. The Labute approximate surface area is 203 Å². The number of rotatable bonds is 6. The predicted molar refractivity (Wildman–Crippen MR) is 133 cm³/mol. The molecule has 35 heavy (non-hydrogen) atoms. The standard InChI is InChI=1S/C28H27FN2O4/c1-3-33-25(32)14-17-6-5-9-23-28(17)35-24(16-31(23)2)20-12-18-10-11-34-27(18)22(13-20)21-8-4-7-19(15-30)26(21)29/h4-13,24H,3,14-16,30H2,1-2H3. The normalized spacial score (nSPS) is 15.1. The molecule has 1 aromatic heterocycles. The lowest BCUT2D eigenvalue weighted by molar-refractivity contribution is -0.142. The second-order valence-electron chi connectivity index (χ2n) is 8.62. The summed E-state index contributed by atoms with van der Waals surface area (Å²) in [4.78, 5) is 14.3. The van der Waals surface area contributed by atoms with Crippen molar-refractivity contribution in [2.75, 3.05) is 25.1 Å². The fourth-order valence-electron chi connectivity index (χ4n) is 4.65. The van der Waals surface area contributed by atoms with Gasteiger partial charge in [-0.05, 0) is 36.8 Å². The number of likely N-dealkylation sites (N-methyl/N-ethyl adjacent to an activating group) is 1. The summed E-state index contributed by atoms with van der Waals surface area (Å²) in [5.74, 6) is 0.00434. The van der Waals surface area contributed by atoms with Gasteiger partial charge in [-0.3, -0.25) is 4.79 Å². The highest BCUT2D eigenvalue weighted by Gasteiger charge is 2.29. The van der Waals surface area contributed by atoms with Gasteiger partial charge in [0.05, 0.1) is 31.5 Å². The molecule has 0 bridgehead atoms. The Kier molecular flexibility index (Phi) is 6.17. The zero-order valence-electron chi connectivity index (χ0n) is 19.7. The molecular weight excluding hydrogens is 447 g/mol. The van der Waals surface area contributed by atoms with Gasteiger partial charge in [0.15, 0.2) is 0 Å². The van der Waals surface area contributed by atoms with Crippen molar-refractivity contribution < 1.29 is 23.1 Å². The largest absolute Gasteiger partial charge is 0.481 e. The SMILES string of the molecule is CCOC(=O)Cc1cccc2c1OC(c1cc(-c3cccc(CN)c3F)c3occc3c1)CN2C. The van der Waals surface area contributed by atoms with E-state index >= 15 is 4.39 Å². The van der Waals surface area contributed by atoms with E-state index in [1.807, 2.05) is 43.4 Å². The maximum absolute atomic E-state index is 15.3. The summed E-state index contributed by atoms with van der Waals surface area (Å²) in [6, 6.07) is 16.8. The zero-order chi connectivity index (χ0) is 24.5. The molecule has 6 nitrogen and oxygen atoms in total. The Hall–Kier alpha value is -3.84. The lowest BCUT2D eigenvalue weighted by atomic mass is 9.95. The molecule has 0 radical (unpaired) electrons. The average Bonchev–Trinajstić information content (AvgIpc) is 3.33. The Balaban J connectivity index is 1.57. The van der Waals surface area contributed by atoms with Crippen LogP contribution >= 0.6 is 0 Å². The van der Waals surface area contributed by atoms with E-state index in [2.05, 4.69) is 4.90 Å². The number of anilines is 1. The molecule has 1 unspecified atom stereocenters. The van der Waals surface area contributed by atoms with Crippen molar-refractivity contribution in [3.05, 3.63) is 83.4 Å². The molecule has 2 N–H and O–H groups in total. The Morgan fingerprint density at radius 2 is 1.94 bits per heavy atom. The van der Waals surface area contributed by atoms with Crippen molar-refractivity contribution >= 4 is 22.6 Å². The number of hydrogen-bond donors (Lipinski definition) is 1. The van der Waals surface area contributed by atoms with Crippen LogP contribution in [0.4, 0.5) is 10.1 Å². The van der Waals surface area contributed by atoms with Gasteiger partial charge in [0.1, 0.15) is 23.3 Å². The number of carbonyl (C=O) groups excluding carboxylic acids is 1. The molecule has 2 heterocycles. The first-order chi connectivity index (χ1) is 17.0. The van der Waals surface area contributed by atoms with Crippen LogP contribution in [0, 0.1) is 5.82 Å². The van der Waals surface area contributed by atoms with Crippen LogP contribution < -0.4 is 15.4 Å². The zero-order valence-corrected chi connectivity index (χ0v) is 19.7. The summed E-state index contributed by atoms with van der Waals surface area (Å²) in [7, 11) is 1.99. The lowest BCUT2D eigenvalue weighted by Crippen LogP contribution is -2.32. The minimum absolute atomic E-state index is 0.108. The van der Waals surface area contributed by atoms with Crippen molar-refractivity contribution in [2.24, 2.45) is 5.73 Å². The van der Waals surface area contributed by atoms with Crippen molar-refractivity contribution in [1.29, 1.82) is 0 Å². The minimum Gasteiger partial charge on any atom is -0.481 e. The number of esters is 1. The molecule has 7 heteroatoms. The number of halogens is 1. The topological polar surface area (TPSA) is 77.9 Å². The van der Waals surface area contributed by atoms with Gasteiger partial charge in [0.2, 0.25) is 0 Å². The van der Waals surface area contributed by atoms with E-state index in [-0.39, 0.29) is 30.9 Å². The summed E-state index contributed by atoms with van der Waals surface area (Å²) in [5.41, 5.74) is 10.4. The van der Waals surface area contributed by atoms with Crippen LogP contribution in [0.1, 0.15) is 29.7 Å². The molecule has 0 amide bonds. The third kappa shape index (κ3) is 4.23. The summed E-state index contributed by atoms with van der Waals surface area (Å²) in [6.45, 7) is 2.81. The first kappa shape index (κ1) is 22.9. The van der Waals surface area contributed by atoms with E-state index in [9.17, 15) is 4.79 Å². The van der Waals surface area contributed by atoms with Crippen LogP contribution in [-0.2, 0) is 22.5 Å². The highest BCUT2D eigenvalue weighted by atomic mass is 19.1. The predicted octanol–water partition coefficient (Wildman–Crippen LogP) is 5.37. The molecular formula is C28H27FN2O4. The molecule has 0 fully saturated rings. The van der Waals surface area contributed by atoms with Crippen LogP contribution in [0.15, 0.2) is 65.3 Å². The van der Waals surface area contributed by atoms with Crippen molar-refractivity contribution in [2.45, 2.75) is 26.0 Å². The highest BCUT2D eigenvalue weighted by molar-refractivity contribution is 5.93. The van der Waals surface area contributed by atoms with Gasteiger partial charge < -0.3 is 24.5 Å². The fourth-order valence-corrected chi connectivity index (χ4v) is 4.65. The second kappa shape index (κ2) is 9.43. The highest BCUT2D eigenvalue weighted by Crippen LogP contribution is 2.42. The van der Waals surface area contributed by atoms with E-state index in [0.717, 1.165) is 22.2 Å². The maximum atomic E-state index is 15.3. The Morgan fingerprint density at radius 3 is 2.74 bits per heavy atom. The van der Waals surface area contributed by atoms with Gasteiger partial charge >= 0.3 is 5.97 Å². The van der Waals surface area contributed by atoms with Crippen molar-refractivity contribution in [3.8, 4) is 16.9 Å². The van der Waals surface area contributed by atoms with Crippen LogP contribution in [0.25, 0.3) is 22.1 Å². The van der Waals surface area contributed by atoms with Gasteiger partial charge in [-0.1, -0.05) is 30.3 Å². The van der Waals surface area contributed by atoms with Crippen LogP contribution in [-0.4, -0.2) is 26.2 Å². The monoisotopic (exact) mass is 474 g/mol. The number of carbonyl (C=O) groups is 1. The van der Waals surface area contributed by atoms with Gasteiger partial charge in [-0.15, -0.1) is 0 Å². The van der Waals surface area contributed by atoms with Crippen molar-refractivity contribution in [1.82, 2.24) is 0 Å². The quantitative estimate of drug-likeness (QED) is 0.379. The van der Waals surface area contributed by atoms with Gasteiger partial charge in [0.25, 0.3) is 0 Å². The molecule has 0 saturated heterocycles. The number of furan rings is 1. The molecule has 5 rings (SSSR count). The van der Waals surface area contributed by atoms with Crippen LogP contribution in [0.2, 0.25) is 0 Å². The smallest absolute Gasteiger partial charge is 0.310 e. The third-order valence-electron chi connectivity index (χ3n) is 6.36. The van der Waals surface area contributed by atoms with Crippen LogP contribution in [0.3, 0.4) is 0 Å². The molecule has 3 aromatic carbocycles. The molecule has 0 aliphatic carbocycles. The third-order valence-corrected chi connectivity index (χ3v) is 6.36.